The molecule has 0 spiro atoms. The molecule has 1 fully saturated rings. The first-order chi connectivity index (χ1) is 6.92. The molecule has 0 aromatic heterocycles. The van der Waals surface area contributed by atoms with E-state index in [1.165, 1.54) is 0 Å². The summed E-state index contributed by atoms with van der Waals surface area (Å²) in [4.78, 5) is 0. The molecule has 15 heavy (non-hydrogen) atoms. The molecule has 0 aliphatic heterocycles. The first-order valence-corrected chi connectivity index (χ1v) is 7.59. The third-order valence-electron chi connectivity index (χ3n) is 3.01. The Labute approximate surface area is 89.8 Å². The van der Waals surface area contributed by atoms with Gasteiger partial charge in [0, 0.05) is 12.6 Å². The normalized spacial score (nSPS) is 23.7. The maximum atomic E-state index is 13.9. The highest BCUT2D eigenvalue weighted by Crippen LogP contribution is 2.63. The highest BCUT2D eigenvalue weighted by molar-refractivity contribution is 7.59. The molecule has 1 aliphatic rings. The van der Waals surface area contributed by atoms with Gasteiger partial charge in [-0.25, -0.2) is 0 Å². The van der Waals surface area contributed by atoms with Crippen molar-refractivity contribution in [3.05, 3.63) is 0 Å². The van der Waals surface area contributed by atoms with E-state index in [2.05, 4.69) is 0 Å². The summed E-state index contributed by atoms with van der Waals surface area (Å²) in [5.41, 5.74) is -3.15. The predicted molar refractivity (Wildman–Crippen MR) is 56.7 cm³/mol. The number of hydrogen-bond donors (Lipinski definition) is 0. The SMILES string of the molecule is CCOP(C)(=O)C(F)(F)C1CCCCC1. The van der Waals surface area contributed by atoms with Crippen LogP contribution in [0.5, 0.6) is 0 Å². The Morgan fingerprint density at radius 1 is 1.33 bits per heavy atom. The standard InChI is InChI=1S/C10H19F2O2P/c1-3-14-15(2,13)10(11,12)9-7-5-4-6-8-9/h9H,3-8H2,1-2H3. The van der Waals surface area contributed by atoms with Crippen molar-refractivity contribution in [1.82, 2.24) is 0 Å². The van der Waals surface area contributed by atoms with E-state index >= 15 is 0 Å². The topological polar surface area (TPSA) is 26.3 Å². The molecule has 0 bridgehead atoms. The van der Waals surface area contributed by atoms with Crippen molar-refractivity contribution in [3.8, 4) is 0 Å². The molecule has 0 heterocycles. The minimum absolute atomic E-state index is 0.0795. The Balaban J connectivity index is 2.74. The van der Waals surface area contributed by atoms with Gasteiger partial charge in [0.1, 0.15) is 0 Å². The molecule has 1 rings (SSSR count). The quantitative estimate of drug-likeness (QED) is 0.691. The second kappa shape index (κ2) is 4.92. The average molecular weight is 240 g/mol. The summed E-state index contributed by atoms with van der Waals surface area (Å²) in [6.07, 6.45) is 3.57. The van der Waals surface area contributed by atoms with Crippen LogP contribution in [0.3, 0.4) is 0 Å². The average Bonchev–Trinajstić information content (AvgIpc) is 2.19. The molecule has 1 atom stereocenters. The van der Waals surface area contributed by atoms with Crippen LogP contribution in [0.25, 0.3) is 0 Å². The minimum atomic E-state index is -3.80. The molecule has 1 unspecified atom stereocenters. The van der Waals surface area contributed by atoms with E-state index in [4.69, 9.17) is 4.52 Å². The lowest BCUT2D eigenvalue weighted by molar-refractivity contribution is -0.00568. The molecular weight excluding hydrogens is 221 g/mol. The van der Waals surface area contributed by atoms with E-state index in [1.807, 2.05) is 0 Å². The summed E-state index contributed by atoms with van der Waals surface area (Å²) in [6, 6.07) is 0. The lowest BCUT2D eigenvalue weighted by Crippen LogP contribution is -2.30. The van der Waals surface area contributed by atoms with Gasteiger partial charge >= 0.3 is 5.66 Å². The van der Waals surface area contributed by atoms with Crippen LogP contribution < -0.4 is 0 Å². The fourth-order valence-electron chi connectivity index (χ4n) is 2.11. The molecule has 0 aromatic rings. The molecule has 90 valence electrons. The molecule has 0 amide bonds. The molecule has 0 radical (unpaired) electrons. The van der Waals surface area contributed by atoms with Crippen LogP contribution in [0.1, 0.15) is 39.0 Å². The van der Waals surface area contributed by atoms with E-state index in [0.29, 0.717) is 12.8 Å². The van der Waals surface area contributed by atoms with Gasteiger partial charge in [0.15, 0.2) is 0 Å². The monoisotopic (exact) mass is 240 g/mol. The Morgan fingerprint density at radius 3 is 2.33 bits per heavy atom. The van der Waals surface area contributed by atoms with Crippen LogP contribution in [-0.2, 0) is 9.09 Å². The molecule has 0 saturated heterocycles. The van der Waals surface area contributed by atoms with E-state index in [9.17, 15) is 13.3 Å². The highest BCUT2D eigenvalue weighted by atomic mass is 31.2. The van der Waals surface area contributed by atoms with Crippen LogP contribution in [0.4, 0.5) is 8.78 Å². The third-order valence-corrected chi connectivity index (χ3v) is 5.21. The maximum Gasteiger partial charge on any atom is 0.324 e. The van der Waals surface area contributed by atoms with Gasteiger partial charge in [0.25, 0.3) is 7.37 Å². The Morgan fingerprint density at radius 2 is 1.87 bits per heavy atom. The van der Waals surface area contributed by atoms with Crippen molar-refractivity contribution in [2.24, 2.45) is 5.92 Å². The van der Waals surface area contributed by atoms with Gasteiger partial charge in [-0.1, -0.05) is 19.3 Å². The van der Waals surface area contributed by atoms with Crippen LogP contribution >= 0.6 is 7.37 Å². The second-order valence-corrected chi connectivity index (χ2v) is 6.73. The van der Waals surface area contributed by atoms with Crippen LogP contribution in [0, 0.1) is 5.92 Å². The van der Waals surface area contributed by atoms with Gasteiger partial charge in [-0.3, -0.25) is 4.57 Å². The predicted octanol–water partition coefficient (Wildman–Crippen LogP) is 4.10. The Bertz CT molecular complexity index is 250. The molecule has 5 heteroatoms. The molecular formula is C10H19F2O2P. The zero-order valence-electron chi connectivity index (χ0n) is 9.34. The Hall–Kier alpha value is 0.0500. The third kappa shape index (κ3) is 2.79. The number of hydrogen-bond acceptors (Lipinski definition) is 2. The fourth-order valence-corrected chi connectivity index (χ4v) is 3.70. The number of halogens is 2. The summed E-state index contributed by atoms with van der Waals surface area (Å²) in [5.74, 6) is -0.756. The Kier molecular flexibility index (Phi) is 4.30. The first kappa shape index (κ1) is 13.1. The zero-order valence-corrected chi connectivity index (χ0v) is 10.2. The molecule has 2 nitrogen and oxygen atoms in total. The van der Waals surface area contributed by atoms with Gasteiger partial charge in [-0.15, -0.1) is 0 Å². The van der Waals surface area contributed by atoms with Crippen molar-refractivity contribution in [3.63, 3.8) is 0 Å². The van der Waals surface area contributed by atoms with E-state index in [1.54, 1.807) is 6.92 Å². The van der Waals surface area contributed by atoms with E-state index < -0.39 is 19.0 Å². The summed E-state index contributed by atoms with van der Waals surface area (Å²) in [7, 11) is -3.80. The second-order valence-electron chi connectivity index (χ2n) is 4.19. The summed E-state index contributed by atoms with van der Waals surface area (Å²) < 4.78 is 44.3. The minimum Gasteiger partial charge on any atom is -0.325 e. The van der Waals surface area contributed by atoms with Crippen molar-refractivity contribution < 1.29 is 17.9 Å². The number of rotatable bonds is 4. The van der Waals surface area contributed by atoms with Crippen molar-refractivity contribution >= 4 is 7.37 Å². The van der Waals surface area contributed by atoms with Crippen molar-refractivity contribution in [1.29, 1.82) is 0 Å². The number of alkyl halides is 2. The highest BCUT2D eigenvalue weighted by Gasteiger charge is 2.53. The van der Waals surface area contributed by atoms with E-state index in [0.717, 1.165) is 25.9 Å². The van der Waals surface area contributed by atoms with Gasteiger partial charge in [0.2, 0.25) is 0 Å². The van der Waals surface area contributed by atoms with Gasteiger partial charge < -0.3 is 4.52 Å². The van der Waals surface area contributed by atoms with Gasteiger partial charge in [-0.05, 0) is 19.8 Å². The van der Waals surface area contributed by atoms with Crippen LogP contribution in [-0.4, -0.2) is 18.9 Å². The molecule has 0 N–H and O–H groups in total. The van der Waals surface area contributed by atoms with Gasteiger partial charge in [0.05, 0.1) is 6.61 Å². The van der Waals surface area contributed by atoms with Crippen LogP contribution in [0.15, 0.2) is 0 Å². The lowest BCUT2D eigenvalue weighted by Gasteiger charge is -2.33. The summed E-state index contributed by atoms with van der Waals surface area (Å²) in [5, 5.41) is 0. The smallest absolute Gasteiger partial charge is 0.324 e. The summed E-state index contributed by atoms with van der Waals surface area (Å²) in [6.45, 7) is 2.73. The maximum absolute atomic E-state index is 13.9. The first-order valence-electron chi connectivity index (χ1n) is 5.51. The van der Waals surface area contributed by atoms with Crippen molar-refractivity contribution in [2.75, 3.05) is 13.3 Å². The van der Waals surface area contributed by atoms with E-state index in [-0.39, 0.29) is 6.61 Å². The van der Waals surface area contributed by atoms with Gasteiger partial charge in [-0.2, -0.15) is 8.78 Å². The summed E-state index contributed by atoms with van der Waals surface area (Å²) >= 11 is 0. The molecule has 1 saturated carbocycles. The van der Waals surface area contributed by atoms with Crippen molar-refractivity contribution in [2.45, 2.75) is 44.7 Å². The molecule has 0 aromatic carbocycles. The largest absolute Gasteiger partial charge is 0.325 e. The lowest BCUT2D eigenvalue weighted by atomic mass is 9.89. The molecule has 1 aliphatic carbocycles. The zero-order chi connectivity index (χ0) is 11.5. The fraction of sp³-hybridized carbons (Fsp3) is 1.00. The van der Waals surface area contributed by atoms with Crippen LogP contribution in [0.2, 0.25) is 0 Å².